The average Bonchev–Trinajstić information content (AvgIpc) is 3.39. The van der Waals surface area contributed by atoms with E-state index in [1.54, 1.807) is 6.20 Å². The molecule has 1 amide bonds. The Bertz CT molecular complexity index is 1280. The first kappa shape index (κ1) is 20.9. The molecule has 0 spiro atoms. The summed E-state index contributed by atoms with van der Waals surface area (Å²) in [6.07, 6.45) is 4.59. The predicted molar refractivity (Wildman–Crippen MR) is 128 cm³/mol. The number of hydrogen-bond donors (Lipinski definition) is 1. The fourth-order valence-electron chi connectivity index (χ4n) is 4.40. The van der Waals surface area contributed by atoms with E-state index in [4.69, 9.17) is 4.74 Å². The number of carbonyl (C=O) groups is 1. The Labute approximate surface area is 193 Å². The van der Waals surface area contributed by atoms with Gasteiger partial charge in [0.05, 0.1) is 24.3 Å². The van der Waals surface area contributed by atoms with Gasteiger partial charge in [-0.05, 0) is 37.6 Å². The van der Waals surface area contributed by atoms with Crippen LogP contribution in [0.3, 0.4) is 0 Å². The molecule has 6 nitrogen and oxygen atoms in total. The van der Waals surface area contributed by atoms with Crippen LogP contribution in [0.1, 0.15) is 22.5 Å². The van der Waals surface area contributed by atoms with Gasteiger partial charge in [0.2, 0.25) is 5.91 Å². The van der Waals surface area contributed by atoms with E-state index in [1.165, 1.54) is 0 Å². The summed E-state index contributed by atoms with van der Waals surface area (Å²) in [5, 5.41) is 7.70. The first-order valence-corrected chi connectivity index (χ1v) is 11.2. The maximum Gasteiger partial charge on any atom is 0.224 e. The van der Waals surface area contributed by atoms with Gasteiger partial charge in [0, 0.05) is 41.2 Å². The van der Waals surface area contributed by atoms with Gasteiger partial charge < -0.3 is 10.1 Å². The lowest BCUT2D eigenvalue weighted by atomic mass is 10.0. The second-order valence-corrected chi connectivity index (χ2v) is 8.36. The standard InChI is InChI=1S/C27H26N4O2/c1-18-25(19(2)31(30-18)22-10-4-3-5-11-22)15-26(32)29-17-23-14-20-8-6-12-24(27(20)33-23)21-9-7-13-28-16-21/h3-13,16,23H,14-15,17H2,1-2H3,(H,29,32)/t23-/m0/s1. The molecule has 0 aliphatic carbocycles. The van der Waals surface area contributed by atoms with Crippen LogP contribution in [-0.2, 0) is 17.6 Å². The summed E-state index contributed by atoms with van der Waals surface area (Å²) in [6, 6.07) is 20.1. The smallest absolute Gasteiger partial charge is 0.224 e. The van der Waals surface area contributed by atoms with Gasteiger partial charge in [-0.15, -0.1) is 0 Å². The van der Waals surface area contributed by atoms with Crippen molar-refractivity contribution >= 4 is 5.91 Å². The normalized spacial score (nSPS) is 14.5. The van der Waals surface area contributed by atoms with Crippen molar-refractivity contribution in [2.75, 3.05) is 6.54 Å². The van der Waals surface area contributed by atoms with Crippen LogP contribution >= 0.6 is 0 Å². The lowest BCUT2D eigenvalue weighted by molar-refractivity contribution is -0.120. The number of ether oxygens (including phenoxy) is 1. The third-order valence-electron chi connectivity index (χ3n) is 6.11. The Balaban J connectivity index is 1.23. The molecular formula is C27H26N4O2. The number of rotatable bonds is 6. The van der Waals surface area contributed by atoms with E-state index in [0.29, 0.717) is 13.0 Å². The number of carbonyl (C=O) groups excluding carboxylic acids is 1. The molecule has 6 heteroatoms. The summed E-state index contributed by atoms with van der Waals surface area (Å²) in [6.45, 7) is 4.42. The third-order valence-corrected chi connectivity index (χ3v) is 6.11. The number of para-hydroxylation sites is 2. The molecule has 5 rings (SSSR count). The fraction of sp³-hybridized carbons (Fsp3) is 0.222. The maximum absolute atomic E-state index is 12.8. The van der Waals surface area contributed by atoms with E-state index in [2.05, 4.69) is 21.5 Å². The molecule has 2 aromatic heterocycles. The molecule has 1 aliphatic heterocycles. The summed E-state index contributed by atoms with van der Waals surface area (Å²) in [5.41, 5.74) is 7.04. The molecule has 2 aromatic carbocycles. The number of pyridine rings is 1. The molecule has 0 unspecified atom stereocenters. The van der Waals surface area contributed by atoms with E-state index in [-0.39, 0.29) is 12.0 Å². The summed E-state index contributed by atoms with van der Waals surface area (Å²) >= 11 is 0. The van der Waals surface area contributed by atoms with E-state index < -0.39 is 0 Å². The van der Waals surface area contributed by atoms with E-state index in [1.807, 2.05) is 79.3 Å². The van der Waals surface area contributed by atoms with E-state index in [9.17, 15) is 4.79 Å². The molecule has 1 N–H and O–H groups in total. The van der Waals surface area contributed by atoms with E-state index >= 15 is 0 Å². The van der Waals surface area contributed by atoms with Crippen LogP contribution in [-0.4, -0.2) is 33.3 Å². The van der Waals surface area contributed by atoms with Crippen molar-refractivity contribution < 1.29 is 9.53 Å². The monoisotopic (exact) mass is 438 g/mol. The quantitative estimate of drug-likeness (QED) is 0.490. The maximum atomic E-state index is 12.8. The van der Waals surface area contributed by atoms with Crippen LogP contribution in [0.2, 0.25) is 0 Å². The highest BCUT2D eigenvalue weighted by molar-refractivity contribution is 5.79. The highest BCUT2D eigenvalue weighted by Crippen LogP contribution is 2.38. The average molecular weight is 439 g/mol. The van der Waals surface area contributed by atoms with E-state index in [0.717, 1.165) is 51.5 Å². The first-order chi connectivity index (χ1) is 16.1. The van der Waals surface area contributed by atoms with Crippen molar-refractivity contribution in [2.24, 2.45) is 0 Å². The van der Waals surface area contributed by atoms with Gasteiger partial charge >= 0.3 is 0 Å². The van der Waals surface area contributed by atoms with Crippen molar-refractivity contribution in [3.63, 3.8) is 0 Å². The largest absolute Gasteiger partial charge is 0.487 e. The lowest BCUT2D eigenvalue weighted by Crippen LogP contribution is -2.35. The molecule has 1 aliphatic rings. The SMILES string of the molecule is Cc1nn(-c2ccccc2)c(C)c1CC(=O)NC[C@@H]1Cc2cccc(-c3cccnc3)c2O1. The Kier molecular flexibility index (Phi) is 5.65. The van der Waals surface area contributed by atoms with Gasteiger partial charge in [-0.3, -0.25) is 9.78 Å². The second-order valence-electron chi connectivity index (χ2n) is 8.36. The molecule has 1 atom stereocenters. The van der Waals surface area contributed by atoms with Gasteiger partial charge in [-0.25, -0.2) is 4.68 Å². The van der Waals surface area contributed by atoms with Gasteiger partial charge in [0.25, 0.3) is 0 Å². The topological polar surface area (TPSA) is 69.0 Å². The number of fused-ring (bicyclic) bond motifs is 1. The van der Waals surface area contributed by atoms with Crippen molar-refractivity contribution in [1.82, 2.24) is 20.1 Å². The number of benzene rings is 2. The van der Waals surface area contributed by atoms with Gasteiger partial charge in [0.1, 0.15) is 11.9 Å². The number of nitrogens with one attached hydrogen (secondary N) is 1. The van der Waals surface area contributed by atoms with Crippen molar-refractivity contribution in [3.05, 3.63) is 95.6 Å². The van der Waals surface area contributed by atoms with Crippen molar-refractivity contribution in [1.29, 1.82) is 0 Å². The van der Waals surface area contributed by atoms with Gasteiger partial charge in [-0.1, -0.05) is 42.5 Å². The molecule has 3 heterocycles. The fourth-order valence-corrected chi connectivity index (χ4v) is 4.40. The summed E-state index contributed by atoms with van der Waals surface area (Å²) in [7, 11) is 0. The molecule has 166 valence electrons. The molecule has 0 bridgehead atoms. The predicted octanol–water partition coefficient (Wildman–Crippen LogP) is 4.21. The van der Waals surface area contributed by atoms with Gasteiger partial charge in [-0.2, -0.15) is 5.10 Å². The van der Waals surface area contributed by atoms with Crippen LogP contribution in [0.15, 0.2) is 73.1 Å². The lowest BCUT2D eigenvalue weighted by Gasteiger charge is -2.14. The van der Waals surface area contributed by atoms with Crippen molar-refractivity contribution in [2.45, 2.75) is 32.8 Å². The highest BCUT2D eigenvalue weighted by Gasteiger charge is 2.26. The van der Waals surface area contributed by atoms with Crippen molar-refractivity contribution in [3.8, 4) is 22.6 Å². The molecule has 0 radical (unpaired) electrons. The number of aromatic nitrogens is 3. The number of amides is 1. The van der Waals surface area contributed by atoms with Gasteiger partial charge in [0.15, 0.2) is 0 Å². The zero-order valence-electron chi connectivity index (χ0n) is 18.8. The van der Waals surface area contributed by atoms with Crippen LogP contribution in [0.25, 0.3) is 16.8 Å². The van der Waals surface area contributed by atoms with Crippen LogP contribution in [0.4, 0.5) is 0 Å². The number of nitrogens with zero attached hydrogens (tertiary/aromatic N) is 3. The second kappa shape index (κ2) is 8.90. The molecule has 33 heavy (non-hydrogen) atoms. The molecule has 0 saturated carbocycles. The highest BCUT2D eigenvalue weighted by atomic mass is 16.5. The molecule has 0 saturated heterocycles. The van der Waals surface area contributed by atoms with Crippen LogP contribution in [0, 0.1) is 13.8 Å². The minimum absolute atomic E-state index is 0.0270. The minimum Gasteiger partial charge on any atom is -0.487 e. The first-order valence-electron chi connectivity index (χ1n) is 11.2. The Hall–Kier alpha value is -3.93. The Morgan fingerprint density at radius 1 is 1.09 bits per heavy atom. The zero-order valence-corrected chi connectivity index (χ0v) is 18.8. The van der Waals surface area contributed by atoms with Crippen LogP contribution < -0.4 is 10.1 Å². The minimum atomic E-state index is -0.0870. The Morgan fingerprint density at radius 3 is 2.73 bits per heavy atom. The molecule has 4 aromatic rings. The van der Waals surface area contributed by atoms with Crippen LogP contribution in [0.5, 0.6) is 5.75 Å². The summed E-state index contributed by atoms with van der Waals surface area (Å²) in [4.78, 5) is 17.0. The Morgan fingerprint density at radius 2 is 1.94 bits per heavy atom. The number of aryl methyl sites for hydroxylation is 1. The molecular weight excluding hydrogens is 412 g/mol. The summed E-state index contributed by atoms with van der Waals surface area (Å²) < 4.78 is 8.14. The zero-order chi connectivity index (χ0) is 22.8. The molecule has 0 fully saturated rings. The summed E-state index contributed by atoms with van der Waals surface area (Å²) in [5.74, 6) is 0.862. The third kappa shape index (κ3) is 4.24. The number of hydrogen-bond acceptors (Lipinski definition) is 4.